The summed E-state index contributed by atoms with van der Waals surface area (Å²) >= 11 is 0. The fourth-order valence-electron chi connectivity index (χ4n) is 1.06. The highest BCUT2D eigenvalue weighted by Gasteiger charge is 2.00. The van der Waals surface area contributed by atoms with Crippen LogP contribution in [-0.4, -0.2) is 6.29 Å². The van der Waals surface area contributed by atoms with Crippen LogP contribution in [0.5, 0.6) is 0 Å². The lowest BCUT2D eigenvalue weighted by Crippen LogP contribution is -1.95. The van der Waals surface area contributed by atoms with E-state index in [1.165, 1.54) is 0 Å². The lowest BCUT2D eigenvalue weighted by Gasteiger charge is -2.04. The number of allylic oxidation sites excluding steroid dienone is 2. The molecule has 0 fully saturated rings. The number of carbonyl (C=O) groups excluding carboxylic acids is 1. The van der Waals surface area contributed by atoms with Crippen molar-refractivity contribution >= 4 is 6.29 Å². The predicted octanol–water partition coefficient (Wildman–Crippen LogP) is 2.57. The van der Waals surface area contributed by atoms with Crippen molar-refractivity contribution in [3.8, 4) is 0 Å². The molecule has 0 rings (SSSR count). The zero-order valence-electron chi connectivity index (χ0n) is 6.84. The molecule has 0 radical (unpaired) electrons. The summed E-state index contributed by atoms with van der Waals surface area (Å²) in [5.74, 6) is 0.479. The fourth-order valence-corrected chi connectivity index (χ4v) is 1.06. The monoisotopic (exact) mass is 140 g/mol. The van der Waals surface area contributed by atoms with Gasteiger partial charge in [-0.1, -0.05) is 25.5 Å². The molecule has 0 saturated heterocycles. The smallest absolute Gasteiger partial charge is 0.120 e. The molecule has 10 heavy (non-hydrogen) atoms. The first-order valence-electron chi connectivity index (χ1n) is 3.91. The van der Waals surface area contributed by atoms with Crippen LogP contribution >= 0.6 is 0 Å². The second kappa shape index (κ2) is 6.53. The maximum Gasteiger partial charge on any atom is 0.120 e. The van der Waals surface area contributed by atoms with Gasteiger partial charge >= 0.3 is 0 Å². The van der Waals surface area contributed by atoms with E-state index in [0.717, 1.165) is 19.1 Å². The van der Waals surface area contributed by atoms with Gasteiger partial charge in [0.1, 0.15) is 6.29 Å². The minimum Gasteiger partial charge on any atom is -0.303 e. The molecule has 0 amide bonds. The Bertz CT molecular complexity index is 105. The zero-order valence-corrected chi connectivity index (χ0v) is 6.84. The van der Waals surface area contributed by atoms with Crippen LogP contribution in [0.4, 0.5) is 0 Å². The van der Waals surface area contributed by atoms with Gasteiger partial charge in [-0.25, -0.2) is 0 Å². The Morgan fingerprint density at radius 3 is 2.60 bits per heavy atom. The van der Waals surface area contributed by atoms with Crippen LogP contribution in [-0.2, 0) is 4.79 Å². The molecular formula is C9H16O. The quantitative estimate of drug-likeness (QED) is 0.423. The predicted molar refractivity (Wildman–Crippen MR) is 43.9 cm³/mol. The van der Waals surface area contributed by atoms with Gasteiger partial charge in [0.05, 0.1) is 0 Å². The largest absolute Gasteiger partial charge is 0.303 e. The topological polar surface area (TPSA) is 17.1 Å². The average Bonchev–Trinajstić information content (AvgIpc) is 1.90. The molecule has 0 aromatic rings. The Hall–Kier alpha value is -0.590. The Morgan fingerprint density at radius 1 is 1.50 bits per heavy atom. The molecule has 0 aliphatic heterocycles. The molecular weight excluding hydrogens is 124 g/mol. The van der Waals surface area contributed by atoms with Crippen molar-refractivity contribution in [2.45, 2.75) is 33.1 Å². The molecule has 0 N–H and O–H groups in total. The van der Waals surface area contributed by atoms with Gasteiger partial charge in [0.2, 0.25) is 0 Å². The van der Waals surface area contributed by atoms with E-state index in [0.29, 0.717) is 12.3 Å². The van der Waals surface area contributed by atoms with Crippen molar-refractivity contribution in [1.29, 1.82) is 0 Å². The molecule has 0 aliphatic rings. The number of carbonyl (C=O) groups is 1. The van der Waals surface area contributed by atoms with Crippen molar-refractivity contribution in [2.75, 3.05) is 0 Å². The summed E-state index contributed by atoms with van der Waals surface area (Å²) in [5, 5.41) is 0. The van der Waals surface area contributed by atoms with Crippen LogP contribution in [0.3, 0.4) is 0 Å². The summed E-state index contributed by atoms with van der Waals surface area (Å²) < 4.78 is 0. The number of rotatable bonds is 5. The van der Waals surface area contributed by atoms with E-state index < -0.39 is 0 Å². The molecule has 1 unspecified atom stereocenters. The lowest BCUT2D eigenvalue weighted by atomic mass is 10.0. The Kier molecular flexibility index (Phi) is 6.14. The van der Waals surface area contributed by atoms with E-state index in [-0.39, 0.29) is 0 Å². The zero-order chi connectivity index (χ0) is 7.82. The first-order valence-corrected chi connectivity index (χ1v) is 3.91. The number of hydrogen-bond acceptors (Lipinski definition) is 1. The van der Waals surface area contributed by atoms with E-state index in [2.05, 4.69) is 13.0 Å². The first kappa shape index (κ1) is 9.41. The minimum absolute atomic E-state index is 0.479. The normalized spacial score (nSPS) is 13.8. The van der Waals surface area contributed by atoms with Crippen molar-refractivity contribution in [3.63, 3.8) is 0 Å². The highest BCUT2D eigenvalue weighted by atomic mass is 16.1. The number of hydrogen-bond donors (Lipinski definition) is 0. The SMILES string of the molecule is C/C=C/C(CC=O)CCC. The van der Waals surface area contributed by atoms with Gasteiger partial charge in [0, 0.05) is 6.42 Å². The van der Waals surface area contributed by atoms with E-state index in [4.69, 9.17) is 0 Å². The van der Waals surface area contributed by atoms with Crippen LogP contribution in [0.2, 0.25) is 0 Å². The van der Waals surface area contributed by atoms with Gasteiger partial charge < -0.3 is 4.79 Å². The lowest BCUT2D eigenvalue weighted by molar-refractivity contribution is -0.108. The van der Waals surface area contributed by atoms with Gasteiger partial charge in [-0.3, -0.25) is 0 Å². The van der Waals surface area contributed by atoms with E-state index in [1.807, 2.05) is 13.0 Å². The highest BCUT2D eigenvalue weighted by Crippen LogP contribution is 2.10. The van der Waals surface area contributed by atoms with Crippen LogP contribution in [0.1, 0.15) is 33.1 Å². The molecule has 0 spiro atoms. The van der Waals surface area contributed by atoms with Gasteiger partial charge in [0.15, 0.2) is 0 Å². The van der Waals surface area contributed by atoms with Crippen LogP contribution in [0.15, 0.2) is 12.2 Å². The molecule has 0 aromatic carbocycles. The van der Waals surface area contributed by atoms with Crippen molar-refractivity contribution in [1.82, 2.24) is 0 Å². The average molecular weight is 140 g/mol. The Labute approximate surface area is 63.1 Å². The summed E-state index contributed by atoms with van der Waals surface area (Å²) in [6.45, 7) is 4.13. The molecule has 1 nitrogen and oxygen atoms in total. The van der Waals surface area contributed by atoms with Crippen molar-refractivity contribution < 1.29 is 4.79 Å². The van der Waals surface area contributed by atoms with E-state index in [1.54, 1.807) is 0 Å². The Balaban J connectivity index is 3.60. The van der Waals surface area contributed by atoms with Crippen LogP contribution < -0.4 is 0 Å². The molecule has 1 heteroatoms. The third-order valence-corrected chi connectivity index (χ3v) is 1.52. The summed E-state index contributed by atoms with van der Waals surface area (Å²) in [4.78, 5) is 10.1. The second-order valence-electron chi connectivity index (χ2n) is 2.48. The van der Waals surface area contributed by atoms with Gasteiger partial charge in [-0.2, -0.15) is 0 Å². The van der Waals surface area contributed by atoms with Crippen molar-refractivity contribution in [3.05, 3.63) is 12.2 Å². The van der Waals surface area contributed by atoms with Gasteiger partial charge in [0.25, 0.3) is 0 Å². The van der Waals surface area contributed by atoms with E-state index in [9.17, 15) is 4.79 Å². The molecule has 1 atom stereocenters. The first-order chi connectivity index (χ1) is 4.85. The minimum atomic E-state index is 0.479. The Morgan fingerprint density at radius 2 is 2.20 bits per heavy atom. The molecule has 0 aromatic heterocycles. The maximum atomic E-state index is 10.1. The fraction of sp³-hybridized carbons (Fsp3) is 0.667. The van der Waals surface area contributed by atoms with Crippen LogP contribution in [0, 0.1) is 5.92 Å². The highest BCUT2D eigenvalue weighted by molar-refractivity contribution is 5.50. The molecule has 0 saturated carbocycles. The standard InChI is InChI=1S/C9H16O/c1-3-5-9(6-4-2)7-8-10/h3,5,8-9H,4,6-7H2,1-2H3/b5-3+. The van der Waals surface area contributed by atoms with Crippen molar-refractivity contribution in [2.24, 2.45) is 5.92 Å². The molecule has 0 heterocycles. The van der Waals surface area contributed by atoms with E-state index >= 15 is 0 Å². The summed E-state index contributed by atoms with van der Waals surface area (Å²) in [7, 11) is 0. The van der Waals surface area contributed by atoms with Gasteiger partial charge in [-0.05, 0) is 19.3 Å². The van der Waals surface area contributed by atoms with Gasteiger partial charge in [-0.15, -0.1) is 0 Å². The number of aldehydes is 1. The molecule has 0 bridgehead atoms. The maximum absolute atomic E-state index is 10.1. The molecule has 58 valence electrons. The molecule has 0 aliphatic carbocycles. The third kappa shape index (κ3) is 4.30. The second-order valence-corrected chi connectivity index (χ2v) is 2.48. The summed E-state index contributed by atoms with van der Waals surface area (Å²) in [6, 6.07) is 0. The van der Waals surface area contributed by atoms with Crippen LogP contribution in [0.25, 0.3) is 0 Å². The third-order valence-electron chi connectivity index (χ3n) is 1.52. The summed E-state index contributed by atoms with van der Waals surface area (Å²) in [6.07, 6.45) is 8.09. The summed E-state index contributed by atoms with van der Waals surface area (Å²) in [5.41, 5.74) is 0.